The van der Waals surface area contributed by atoms with Gasteiger partial charge in [-0.2, -0.15) is 40.4 Å². The summed E-state index contributed by atoms with van der Waals surface area (Å²) in [6.07, 6.45) is -5.11. The average Bonchev–Trinajstić information content (AvgIpc) is 3.53. The van der Waals surface area contributed by atoms with Crippen molar-refractivity contribution >= 4 is 51.0 Å². The van der Waals surface area contributed by atoms with Crippen molar-refractivity contribution in [3.05, 3.63) is 83.2 Å². The largest absolute Gasteiger partial charge is 0.493 e. The number of nitrogens with zero attached hydrogens (tertiary/aromatic N) is 4. The fraction of sp³-hybridized carbons (Fsp3) is 0.379. The first kappa shape index (κ1) is 33.6. The molecule has 17 heteroatoms. The monoisotopic (exact) mass is 700 g/mol. The molecule has 11 nitrogen and oxygen atoms in total. The molecule has 3 heterocycles. The molecule has 0 radical (unpaired) electrons. The van der Waals surface area contributed by atoms with Crippen molar-refractivity contribution in [2.45, 2.75) is 57.8 Å². The Balaban J connectivity index is 1.60. The molecule has 246 valence electrons. The van der Waals surface area contributed by atoms with Crippen LogP contribution in [0.3, 0.4) is 0 Å². The van der Waals surface area contributed by atoms with E-state index in [0.717, 1.165) is 10.6 Å². The molecule has 3 N–H and O–H groups in total. The lowest BCUT2D eigenvalue weighted by molar-refractivity contribution is -0.862. The van der Waals surface area contributed by atoms with Gasteiger partial charge in [0, 0.05) is 29.8 Å². The first-order valence-corrected chi connectivity index (χ1v) is 16.7. The summed E-state index contributed by atoms with van der Waals surface area (Å²) in [6, 6.07) is 7.67. The molecule has 1 aromatic heterocycles. The Morgan fingerprint density at radius 1 is 1.15 bits per heavy atom. The predicted octanol–water partition coefficient (Wildman–Crippen LogP) is 4.16. The highest BCUT2D eigenvalue weighted by atomic mass is 35.5. The van der Waals surface area contributed by atoms with Gasteiger partial charge < -0.3 is 10.2 Å². The highest BCUT2D eigenvalue weighted by Gasteiger charge is 2.54. The molecule has 0 spiro atoms. The Kier molecular flexibility index (Phi) is 8.64. The second-order valence-electron chi connectivity index (χ2n) is 12.1. The minimum absolute atomic E-state index is 0.0576. The summed E-state index contributed by atoms with van der Waals surface area (Å²) in [5, 5.41) is 29.5. The van der Waals surface area contributed by atoms with E-state index < -0.39 is 54.3 Å². The first-order chi connectivity index (χ1) is 21.3. The number of aromatic hydroxyl groups is 1. The van der Waals surface area contributed by atoms with Gasteiger partial charge in [-0.1, -0.05) is 35.1 Å². The van der Waals surface area contributed by atoms with Gasteiger partial charge in [0.2, 0.25) is 5.88 Å². The highest BCUT2D eigenvalue weighted by molar-refractivity contribution is 7.84. The lowest BCUT2D eigenvalue weighted by Crippen LogP contribution is -2.69. The van der Waals surface area contributed by atoms with Crippen LogP contribution in [0.1, 0.15) is 61.2 Å². The van der Waals surface area contributed by atoms with Gasteiger partial charge in [0.15, 0.2) is 0 Å². The molecule has 2 aromatic carbocycles. The Morgan fingerprint density at radius 3 is 2.43 bits per heavy atom. The molecule has 3 aromatic rings. The SMILES string of the molecule is CC(C)(C)[N+]1(S(=O)(=O)NC(=O)O)CCC(n2c(O)c(C(Cc3ccc(Cl)cc3C(F)(F)F)=c3ccc4c(c3)C=NN=4)sc2=O)CC1. The molecule has 1 saturated heterocycles. The molecule has 0 saturated carbocycles. The van der Waals surface area contributed by atoms with Crippen molar-refractivity contribution < 1.29 is 40.5 Å². The van der Waals surface area contributed by atoms with E-state index in [9.17, 15) is 41.4 Å². The zero-order valence-electron chi connectivity index (χ0n) is 24.8. The number of hydrogen-bond acceptors (Lipinski definition) is 8. The van der Waals surface area contributed by atoms with Crippen LogP contribution in [0.4, 0.5) is 18.0 Å². The molecule has 0 atom stereocenters. The second-order valence-corrected chi connectivity index (χ2v) is 15.3. The van der Waals surface area contributed by atoms with Crippen LogP contribution in [-0.2, 0) is 22.8 Å². The van der Waals surface area contributed by atoms with E-state index in [0.29, 0.717) is 27.5 Å². The highest BCUT2D eigenvalue weighted by Crippen LogP contribution is 2.41. The minimum Gasteiger partial charge on any atom is -0.493 e. The number of amides is 1. The molecule has 5 rings (SSSR count). The van der Waals surface area contributed by atoms with Crippen LogP contribution in [0, 0.1) is 0 Å². The van der Waals surface area contributed by atoms with Crippen molar-refractivity contribution in [1.82, 2.24) is 9.29 Å². The molecule has 46 heavy (non-hydrogen) atoms. The third-order valence-electron chi connectivity index (χ3n) is 8.49. The molecule has 0 bridgehead atoms. The van der Waals surface area contributed by atoms with E-state index in [2.05, 4.69) is 10.2 Å². The molecule has 1 fully saturated rings. The standard InChI is InChI=1S/C29H29ClF3N5O6S2/c1-28(2,3)38(46(43,44)36-26(40)41)10-8-20(9-11-38)37-25(39)24(45-27(37)42)21(16-5-7-23-18(12-16)15-34-35-23)13-17-4-6-19(30)14-22(17)29(31,32)33/h4-7,12,14-15,20,36H,8-11,13H2,1-3H3,(H-,34,35,39,40,41)/p+1. The summed E-state index contributed by atoms with van der Waals surface area (Å²) in [4.78, 5) is 24.3. The number of carboxylic acid groups (broad SMARTS) is 1. The van der Waals surface area contributed by atoms with Crippen LogP contribution in [0.15, 0.2) is 51.4 Å². The average molecular weight is 701 g/mol. The number of thiazole rings is 1. The Morgan fingerprint density at radius 2 is 1.83 bits per heavy atom. The van der Waals surface area contributed by atoms with Crippen LogP contribution < -0.4 is 20.2 Å². The van der Waals surface area contributed by atoms with Gasteiger partial charge in [-0.25, -0.2) is 4.79 Å². The van der Waals surface area contributed by atoms with Crippen molar-refractivity contribution in [2.24, 2.45) is 10.2 Å². The van der Waals surface area contributed by atoms with Crippen molar-refractivity contribution in [3.8, 4) is 5.88 Å². The topological polar surface area (TPSA) is 150 Å². The van der Waals surface area contributed by atoms with Crippen LogP contribution in [-0.4, -0.2) is 58.0 Å². The smallest absolute Gasteiger partial charge is 0.422 e. The van der Waals surface area contributed by atoms with Crippen LogP contribution in [0.2, 0.25) is 5.02 Å². The van der Waals surface area contributed by atoms with Gasteiger partial charge in [0.25, 0.3) is 0 Å². The summed E-state index contributed by atoms with van der Waals surface area (Å²) in [6.45, 7) is 4.86. The van der Waals surface area contributed by atoms with Crippen molar-refractivity contribution in [3.63, 3.8) is 0 Å². The van der Waals surface area contributed by atoms with E-state index in [1.54, 1.807) is 43.7 Å². The number of fused-ring (bicyclic) bond motifs is 1. The van der Waals surface area contributed by atoms with Crippen LogP contribution >= 0.6 is 22.9 Å². The van der Waals surface area contributed by atoms with Gasteiger partial charge in [-0.3, -0.25) is 9.36 Å². The maximum Gasteiger partial charge on any atom is 0.422 e. The van der Waals surface area contributed by atoms with Gasteiger partial charge in [0.1, 0.15) is 5.54 Å². The number of alkyl halides is 3. The van der Waals surface area contributed by atoms with Crippen molar-refractivity contribution in [2.75, 3.05) is 13.1 Å². The maximum absolute atomic E-state index is 14.1. The van der Waals surface area contributed by atoms with Crippen molar-refractivity contribution in [1.29, 1.82) is 0 Å². The summed E-state index contributed by atoms with van der Waals surface area (Å²) in [5.74, 6) is -0.460. The summed E-state index contributed by atoms with van der Waals surface area (Å²) < 4.78 is 70.8. The number of aromatic nitrogens is 1. The van der Waals surface area contributed by atoms with E-state index in [1.807, 2.05) is 0 Å². The Bertz CT molecular complexity index is 2040. The van der Waals surface area contributed by atoms with Gasteiger partial charge >= 0.3 is 27.4 Å². The second kappa shape index (κ2) is 11.8. The quantitative estimate of drug-likeness (QED) is 0.329. The molecule has 0 unspecified atom stereocenters. The zero-order valence-corrected chi connectivity index (χ0v) is 27.2. The van der Waals surface area contributed by atoms with Gasteiger partial charge in [-0.05, 0) is 61.4 Å². The molecule has 2 aliphatic heterocycles. The Hall–Kier alpha value is -3.73. The summed E-state index contributed by atoms with van der Waals surface area (Å²) in [7, 11) is -4.41. The van der Waals surface area contributed by atoms with Gasteiger partial charge in [0.05, 0.1) is 41.1 Å². The number of nitrogens with one attached hydrogen (secondary N) is 1. The number of rotatable bonds is 6. The van der Waals surface area contributed by atoms with E-state index in [1.165, 1.54) is 18.3 Å². The lowest BCUT2D eigenvalue weighted by Gasteiger charge is -2.49. The number of hydrogen-bond donors (Lipinski definition) is 3. The fourth-order valence-electron chi connectivity index (χ4n) is 6.16. The molecule has 0 aliphatic carbocycles. The summed E-state index contributed by atoms with van der Waals surface area (Å²) in [5.41, 5.74) is -1.18. The third-order valence-corrected chi connectivity index (χ3v) is 12.0. The molecule has 2 aliphatic rings. The molecule has 1 amide bonds. The molecular weight excluding hydrogens is 671 g/mol. The maximum atomic E-state index is 14.1. The number of likely N-dealkylation sites (tertiary alicyclic amines) is 1. The Labute approximate surface area is 270 Å². The normalized spacial score (nSPS) is 20.6. The summed E-state index contributed by atoms with van der Waals surface area (Å²) >= 11 is 6.58. The first-order valence-electron chi connectivity index (χ1n) is 14.0. The van der Waals surface area contributed by atoms with E-state index in [4.69, 9.17) is 11.6 Å². The number of piperidine rings is 1. The number of benzene rings is 2. The third kappa shape index (κ3) is 6.06. The number of carbonyl (C=O) groups is 1. The fourth-order valence-corrected chi connectivity index (χ4v) is 9.15. The van der Waals surface area contributed by atoms with Gasteiger partial charge in [-0.15, -0.1) is 0 Å². The lowest BCUT2D eigenvalue weighted by atomic mass is 9.96. The van der Waals surface area contributed by atoms with E-state index in [-0.39, 0.29) is 53.4 Å². The number of quaternary nitrogens is 1. The number of halogens is 4. The zero-order chi connectivity index (χ0) is 33.8. The molecular formula is C29H30ClF3N5O6S2+. The van der Waals surface area contributed by atoms with Crippen LogP contribution in [0.25, 0.3) is 5.57 Å². The minimum atomic E-state index is -4.73. The predicted molar refractivity (Wildman–Crippen MR) is 166 cm³/mol. The van der Waals surface area contributed by atoms with Crippen LogP contribution in [0.5, 0.6) is 5.88 Å². The van der Waals surface area contributed by atoms with E-state index >= 15 is 0 Å².